The van der Waals surface area contributed by atoms with Crippen LogP contribution in [0.4, 0.5) is 0 Å². The van der Waals surface area contributed by atoms with E-state index >= 15 is 0 Å². The van der Waals surface area contributed by atoms with Crippen LogP contribution in [0.5, 0.6) is 0 Å². The number of nitrogens with zero attached hydrogens (tertiary/aromatic N) is 2. The topological polar surface area (TPSA) is 52.7 Å². The monoisotopic (exact) mass is 423 g/mol. The first kappa shape index (κ1) is 21.0. The second-order valence-corrected chi connectivity index (χ2v) is 10.8. The summed E-state index contributed by atoms with van der Waals surface area (Å²) in [4.78, 5) is 30.9. The molecule has 1 aliphatic carbocycles. The van der Waals surface area contributed by atoms with Crippen LogP contribution in [-0.2, 0) is 15.0 Å². The first-order chi connectivity index (χ1) is 14.9. The molecule has 0 radical (unpaired) electrons. The number of carbonyl (C=O) groups is 2. The number of amides is 2. The van der Waals surface area contributed by atoms with Crippen molar-refractivity contribution in [2.24, 2.45) is 17.8 Å². The number of hydrogen-bond donors (Lipinski definition) is 1. The molecule has 5 rings (SSSR count). The van der Waals surface area contributed by atoms with Crippen LogP contribution in [0.3, 0.4) is 0 Å². The number of aryl methyl sites for hydroxylation is 1. The Morgan fingerprint density at radius 2 is 1.81 bits per heavy atom. The van der Waals surface area contributed by atoms with E-state index in [4.69, 9.17) is 0 Å². The number of carbonyl (C=O) groups excluding carboxylic acids is 2. The number of rotatable bonds is 5. The van der Waals surface area contributed by atoms with Crippen LogP contribution >= 0.6 is 0 Å². The summed E-state index contributed by atoms with van der Waals surface area (Å²) in [6.07, 6.45) is 4.90. The van der Waals surface area contributed by atoms with Crippen molar-refractivity contribution in [1.82, 2.24) is 15.1 Å². The van der Waals surface area contributed by atoms with Gasteiger partial charge < -0.3 is 15.1 Å². The second-order valence-electron chi connectivity index (χ2n) is 10.8. The molecule has 4 aliphatic rings. The molecule has 1 aromatic rings. The molecule has 5 nitrogen and oxygen atoms in total. The highest BCUT2D eigenvalue weighted by molar-refractivity contribution is 5.91. The minimum atomic E-state index is -0.292. The second kappa shape index (κ2) is 7.61. The van der Waals surface area contributed by atoms with Crippen LogP contribution in [0.2, 0.25) is 0 Å². The van der Waals surface area contributed by atoms with Gasteiger partial charge in [-0.2, -0.15) is 0 Å². The number of piperidine rings is 1. The fourth-order valence-electron chi connectivity index (χ4n) is 6.39. The zero-order valence-corrected chi connectivity index (χ0v) is 19.3. The molecule has 0 bridgehead atoms. The van der Waals surface area contributed by atoms with Crippen LogP contribution in [0, 0.1) is 24.7 Å². The Morgan fingerprint density at radius 3 is 2.42 bits per heavy atom. The van der Waals surface area contributed by atoms with E-state index in [1.54, 1.807) is 0 Å². The van der Waals surface area contributed by atoms with E-state index in [-0.39, 0.29) is 22.8 Å². The van der Waals surface area contributed by atoms with Crippen molar-refractivity contribution in [3.63, 3.8) is 0 Å². The van der Waals surface area contributed by atoms with Gasteiger partial charge in [-0.15, -0.1) is 0 Å². The van der Waals surface area contributed by atoms with Gasteiger partial charge in [-0.3, -0.25) is 9.59 Å². The summed E-state index contributed by atoms with van der Waals surface area (Å²) in [5, 5.41) is 3.41. The number of benzene rings is 1. The fourth-order valence-corrected chi connectivity index (χ4v) is 6.39. The lowest BCUT2D eigenvalue weighted by Gasteiger charge is -2.43. The summed E-state index contributed by atoms with van der Waals surface area (Å²) >= 11 is 0. The maximum atomic E-state index is 13.5. The Hall–Kier alpha value is -1.88. The van der Waals surface area contributed by atoms with E-state index in [1.807, 2.05) is 0 Å². The van der Waals surface area contributed by atoms with Gasteiger partial charge in [0.05, 0.1) is 11.3 Å². The van der Waals surface area contributed by atoms with E-state index in [0.29, 0.717) is 17.7 Å². The summed E-state index contributed by atoms with van der Waals surface area (Å²) in [5.41, 5.74) is 2.01. The maximum absolute atomic E-state index is 13.5. The number of likely N-dealkylation sites (tertiary alicyclic amines) is 2. The van der Waals surface area contributed by atoms with E-state index in [1.165, 1.54) is 17.5 Å². The Labute approximate surface area is 186 Å². The number of nitrogens with one attached hydrogen (secondary N) is 1. The van der Waals surface area contributed by atoms with Crippen molar-refractivity contribution in [2.75, 3.05) is 32.7 Å². The minimum Gasteiger partial charge on any atom is -0.350 e. The Bertz CT molecular complexity index is 852. The molecule has 1 aromatic carbocycles. The maximum Gasteiger partial charge on any atom is 0.233 e. The van der Waals surface area contributed by atoms with Crippen molar-refractivity contribution in [3.05, 3.63) is 35.4 Å². The smallest absolute Gasteiger partial charge is 0.233 e. The van der Waals surface area contributed by atoms with E-state index in [2.05, 4.69) is 60.2 Å². The molecule has 168 valence electrons. The average molecular weight is 424 g/mol. The summed E-state index contributed by atoms with van der Waals surface area (Å²) in [5.74, 6) is 1.75. The first-order valence-corrected chi connectivity index (χ1v) is 12.3. The van der Waals surface area contributed by atoms with Gasteiger partial charge in [0.1, 0.15) is 0 Å². The van der Waals surface area contributed by atoms with Crippen LogP contribution in [0.15, 0.2) is 24.3 Å². The molecular formula is C26H37N3O2. The highest BCUT2D eigenvalue weighted by Crippen LogP contribution is 2.51. The van der Waals surface area contributed by atoms with Gasteiger partial charge in [0.15, 0.2) is 0 Å². The molecule has 31 heavy (non-hydrogen) atoms. The molecule has 3 atom stereocenters. The molecule has 0 unspecified atom stereocenters. The zero-order chi connectivity index (χ0) is 21.8. The molecule has 5 heteroatoms. The van der Waals surface area contributed by atoms with Gasteiger partial charge in [-0.1, -0.05) is 50.1 Å². The van der Waals surface area contributed by atoms with Crippen LogP contribution in [0.1, 0.15) is 57.1 Å². The zero-order valence-electron chi connectivity index (χ0n) is 19.3. The first-order valence-electron chi connectivity index (χ1n) is 12.3. The summed E-state index contributed by atoms with van der Waals surface area (Å²) in [6, 6.07) is 8.51. The van der Waals surface area contributed by atoms with Crippen molar-refractivity contribution in [1.29, 1.82) is 0 Å². The molecule has 1 spiro atoms. The Morgan fingerprint density at radius 1 is 1.13 bits per heavy atom. The SMILES string of the molecule is CC[C@@H](C)CN1C[C@H]2C(=O)NC3(CCN(C(=O)C4(c5ccc(C)cc5)CC4)CC3)[C@H]2C1. The summed E-state index contributed by atoms with van der Waals surface area (Å²) in [7, 11) is 0. The van der Waals surface area contributed by atoms with Gasteiger partial charge in [-0.05, 0) is 44.1 Å². The standard InChI is InChI=1S/C26H37N3O2/c1-4-18(2)15-28-16-21-22(17-28)26(27-23(21)30)11-13-29(14-12-26)24(31)25(9-10-25)20-7-5-19(3)6-8-20/h5-8,18,21-22H,4,9-17H2,1-3H3,(H,27,30)/t18-,21-,22+/m1/s1. The molecule has 1 N–H and O–H groups in total. The van der Waals surface area contributed by atoms with Crippen molar-refractivity contribution in [2.45, 2.75) is 63.8 Å². The van der Waals surface area contributed by atoms with Gasteiger partial charge in [0, 0.05) is 44.2 Å². The normalized spacial score (nSPS) is 29.6. The van der Waals surface area contributed by atoms with Crippen molar-refractivity contribution in [3.8, 4) is 0 Å². The number of fused-ring (bicyclic) bond motifs is 2. The molecular weight excluding hydrogens is 386 g/mol. The largest absolute Gasteiger partial charge is 0.350 e. The summed E-state index contributed by atoms with van der Waals surface area (Å²) < 4.78 is 0. The van der Waals surface area contributed by atoms with Gasteiger partial charge in [0.25, 0.3) is 0 Å². The lowest BCUT2D eigenvalue weighted by molar-refractivity contribution is -0.136. The van der Waals surface area contributed by atoms with E-state index in [0.717, 1.165) is 58.4 Å². The number of hydrogen-bond acceptors (Lipinski definition) is 3. The molecule has 0 aromatic heterocycles. The Kier molecular flexibility index (Phi) is 5.16. The van der Waals surface area contributed by atoms with Gasteiger partial charge >= 0.3 is 0 Å². The minimum absolute atomic E-state index is 0.108. The van der Waals surface area contributed by atoms with Crippen molar-refractivity contribution < 1.29 is 9.59 Å². The third kappa shape index (κ3) is 3.49. The van der Waals surface area contributed by atoms with E-state index in [9.17, 15) is 9.59 Å². The van der Waals surface area contributed by atoms with Gasteiger partial charge in [-0.25, -0.2) is 0 Å². The fraction of sp³-hybridized carbons (Fsp3) is 0.692. The van der Waals surface area contributed by atoms with Crippen LogP contribution < -0.4 is 5.32 Å². The third-order valence-corrected chi connectivity index (χ3v) is 8.79. The summed E-state index contributed by atoms with van der Waals surface area (Å²) in [6.45, 7) is 11.2. The van der Waals surface area contributed by atoms with Crippen LogP contribution in [0.25, 0.3) is 0 Å². The molecule has 3 heterocycles. The lowest BCUT2D eigenvalue weighted by Crippen LogP contribution is -2.57. The van der Waals surface area contributed by atoms with Crippen LogP contribution in [-0.4, -0.2) is 59.9 Å². The highest BCUT2D eigenvalue weighted by atomic mass is 16.2. The third-order valence-electron chi connectivity index (χ3n) is 8.79. The van der Waals surface area contributed by atoms with Crippen molar-refractivity contribution >= 4 is 11.8 Å². The predicted octanol–water partition coefficient (Wildman–Crippen LogP) is 3.11. The highest BCUT2D eigenvalue weighted by Gasteiger charge is 2.59. The van der Waals surface area contributed by atoms with E-state index < -0.39 is 0 Å². The molecule has 3 saturated heterocycles. The molecule has 4 fully saturated rings. The average Bonchev–Trinajstić information content (AvgIpc) is 3.41. The molecule has 2 amide bonds. The predicted molar refractivity (Wildman–Crippen MR) is 122 cm³/mol. The Balaban J connectivity index is 1.25. The molecule has 3 aliphatic heterocycles. The lowest BCUT2D eigenvalue weighted by atomic mass is 9.75. The van der Waals surface area contributed by atoms with Gasteiger partial charge in [0.2, 0.25) is 11.8 Å². The quantitative estimate of drug-likeness (QED) is 0.792. The molecule has 1 saturated carbocycles.